The number of hydrogen-bond donors (Lipinski definition) is 4. The molecule has 0 radical (unpaired) electrons. The first kappa shape index (κ1) is 14.6. The summed E-state index contributed by atoms with van der Waals surface area (Å²) in [7, 11) is 1.62. The van der Waals surface area contributed by atoms with Gasteiger partial charge in [0, 0.05) is 12.3 Å². The smallest absolute Gasteiger partial charge is 0.185 e. The molecule has 0 aliphatic heterocycles. The fourth-order valence-electron chi connectivity index (χ4n) is 0.842. The van der Waals surface area contributed by atoms with E-state index in [2.05, 4.69) is 10.7 Å². The molecule has 0 aromatic heterocycles. The average Bonchev–Trinajstić information content (AvgIpc) is 2.31. The minimum Gasteiger partial charge on any atom is -0.497 e. The minimum absolute atomic E-state index is 0.250. The first-order valence-electron chi connectivity index (χ1n) is 4.70. The fourth-order valence-corrected chi connectivity index (χ4v) is 0.959. The Morgan fingerprint density at radius 3 is 2.31 bits per heavy atom. The predicted molar refractivity (Wildman–Crippen MR) is 69.3 cm³/mol. The van der Waals surface area contributed by atoms with Crippen molar-refractivity contribution in [3.05, 3.63) is 24.3 Å². The average molecular weight is 243 g/mol. The second-order valence-electron chi connectivity index (χ2n) is 2.64. The first-order chi connectivity index (χ1) is 7.67. The van der Waals surface area contributed by atoms with Crippen LogP contribution in [-0.4, -0.2) is 23.9 Å². The lowest BCUT2D eigenvalue weighted by Crippen LogP contribution is -2.34. The van der Waals surface area contributed by atoms with Crippen molar-refractivity contribution in [3.8, 4) is 5.75 Å². The monoisotopic (exact) mass is 243 g/mol. The third-order valence-corrected chi connectivity index (χ3v) is 1.70. The van der Waals surface area contributed by atoms with Crippen molar-refractivity contribution in [2.24, 2.45) is 5.84 Å². The summed E-state index contributed by atoms with van der Waals surface area (Å²) >= 11 is 4.82. The van der Waals surface area contributed by atoms with E-state index in [1.807, 2.05) is 24.3 Å². The van der Waals surface area contributed by atoms with Crippen LogP contribution in [0.5, 0.6) is 5.75 Å². The van der Waals surface area contributed by atoms with Crippen molar-refractivity contribution in [3.63, 3.8) is 0 Å². The maximum Gasteiger partial charge on any atom is 0.185 e. The zero-order valence-corrected chi connectivity index (χ0v) is 10.2. The Hall–Kier alpha value is -1.37. The quantitative estimate of drug-likeness (QED) is 0.350. The number of ether oxygens (including phenoxy) is 1. The van der Waals surface area contributed by atoms with E-state index in [1.165, 1.54) is 0 Å². The van der Waals surface area contributed by atoms with Gasteiger partial charge in [0.25, 0.3) is 0 Å². The lowest BCUT2D eigenvalue weighted by Gasteiger charge is -2.06. The SMILES string of the molecule is CCO.COc1ccc(NC(=S)NN)cc1. The van der Waals surface area contributed by atoms with Gasteiger partial charge in [-0.2, -0.15) is 0 Å². The van der Waals surface area contributed by atoms with Crippen molar-refractivity contribution < 1.29 is 9.84 Å². The number of rotatable bonds is 2. The lowest BCUT2D eigenvalue weighted by molar-refractivity contribution is 0.318. The van der Waals surface area contributed by atoms with Crippen molar-refractivity contribution in [1.82, 2.24) is 5.43 Å². The topological polar surface area (TPSA) is 79.5 Å². The van der Waals surface area contributed by atoms with Gasteiger partial charge >= 0.3 is 0 Å². The number of thiocarbonyl (C=S) groups is 1. The molecule has 16 heavy (non-hydrogen) atoms. The van der Waals surface area contributed by atoms with E-state index in [9.17, 15) is 0 Å². The molecule has 0 heterocycles. The van der Waals surface area contributed by atoms with E-state index >= 15 is 0 Å². The van der Waals surface area contributed by atoms with Gasteiger partial charge in [0.15, 0.2) is 5.11 Å². The lowest BCUT2D eigenvalue weighted by atomic mass is 10.3. The van der Waals surface area contributed by atoms with Crippen LogP contribution < -0.4 is 21.3 Å². The van der Waals surface area contributed by atoms with Crippen LogP contribution in [0.25, 0.3) is 0 Å². The molecule has 0 spiro atoms. The Kier molecular flexibility index (Phi) is 8.14. The number of methoxy groups -OCH3 is 1. The number of aliphatic hydroxyl groups is 1. The van der Waals surface area contributed by atoms with Gasteiger partial charge in [0.1, 0.15) is 5.75 Å². The molecule has 0 aliphatic carbocycles. The van der Waals surface area contributed by atoms with Gasteiger partial charge in [-0.1, -0.05) is 0 Å². The van der Waals surface area contributed by atoms with Gasteiger partial charge in [0.2, 0.25) is 0 Å². The first-order valence-corrected chi connectivity index (χ1v) is 5.11. The Labute approximate surface area is 101 Å². The predicted octanol–water partition coefficient (Wildman–Crippen LogP) is 0.854. The van der Waals surface area contributed by atoms with Crippen LogP contribution in [0.3, 0.4) is 0 Å². The molecule has 5 N–H and O–H groups in total. The molecule has 0 saturated carbocycles. The van der Waals surface area contributed by atoms with Crippen LogP contribution in [0.2, 0.25) is 0 Å². The van der Waals surface area contributed by atoms with E-state index in [0.29, 0.717) is 5.11 Å². The van der Waals surface area contributed by atoms with Crippen molar-refractivity contribution in [2.45, 2.75) is 6.92 Å². The summed E-state index contributed by atoms with van der Waals surface area (Å²) in [5.41, 5.74) is 3.20. The van der Waals surface area contributed by atoms with E-state index < -0.39 is 0 Å². The third kappa shape index (κ3) is 6.18. The third-order valence-electron chi connectivity index (χ3n) is 1.48. The van der Waals surface area contributed by atoms with Crippen LogP contribution >= 0.6 is 12.2 Å². The zero-order valence-electron chi connectivity index (χ0n) is 9.36. The Morgan fingerprint density at radius 1 is 1.44 bits per heavy atom. The summed E-state index contributed by atoms with van der Waals surface area (Å²) < 4.78 is 5.00. The van der Waals surface area contributed by atoms with Gasteiger partial charge in [-0.05, 0) is 43.4 Å². The van der Waals surface area contributed by atoms with Gasteiger partial charge < -0.3 is 20.6 Å². The maximum absolute atomic E-state index is 7.57. The normalized spacial score (nSPS) is 8.50. The standard InChI is InChI=1S/C8H11N3OS.C2H6O/c1-12-7-4-2-6(3-5-7)10-8(13)11-9;1-2-3/h2-5H,9H2,1H3,(H2,10,11,13);3H,2H2,1H3. The van der Waals surface area contributed by atoms with Crippen molar-refractivity contribution in [2.75, 3.05) is 19.0 Å². The molecule has 0 saturated heterocycles. The van der Waals surface area contributed by atoms with Crippen LogP contribution in [0.1, 0.15) is 6.92 Å². The molecule has 0 unspecified atom stereocenters. The summed E-state index contributed by atoms with van der Waals surface area (Å²) in [5, 5.41) is 10.8. The maximum atomic E-state index is 7.57. The van der Waals surface area contributed by atoms with Crippen molar-refractivity contribution >= 4 is 23.0 Å². The largest absolute Gasteiger partial charge is 0.497 e. The second kappa shape index (κ2) is 8.90. The summed E-state index contributed by atoms with van der Waals surface area (Å²) in [6.45, 7) is 1.93. The molecule has 0 fully saturated rings. The Morgan fingerprint density at radius 2 is 1.94 bits per heavy atom. The van der Waals surface area contributed by atoms with E-state index in [-0.39, 0.29) is 6.61 Å². The number of benzene rings is 1. The molecule has 0 aliphatic rings. The van der Waals surface area contributed by atoms with E-state index in [1.54, 1.807) is 14.0 Å². The van der Waals surface area contributed by atoms with Crippen LogP contribution in [0, 0.1) is 0 Å². The molecular formula is C10H17N3O2S. The van der Waals surface area contributed by atoms with Crippen molar-refractivity contribution in [1.29, 1.82) is 0 Å². The second-order valence-corrected chi connectivity index (χ2v) is 3.05. The van der Waals surface area contributed by atoms with Gasteiger partial charge in [0.05, 0.1) is 7.11 Å². The van der Waals surface area contributed by atoms with Gasteiger partial charge in [-0.3, -0.25) is 0 Å². The van der Waals surface area contributed by atoms with Crippen LogP contribution in [0.4, 0.5) is 5.69 Å². The Bertz CT molecular complexity index is 303. The molecule has 0 atom stereocenters. The highest BCUT2D eigenvalue weighted by Crippen LogP contribution is 2.14. The highest BCUT2D eigenvalue weighted by molar-refractivity contribution is 7.80. The summed E-state index contributed by atoms with van der Waals surface area (Å²) in [6.07, 6.45) is 0. The molecule has 5 nitrogen and oxygen atoms in total. The van der Waals surface area contributed by atoms with E-state index in [0.717, 1.165) is 11.4 Å². The molecule has 1 rings (SSSR count). The van der Waals surface area contributed by atoms with Gasteiger partial charge in [-0.25, -0.2) is 5.84 Å². The number of anilines is 1. The number of aliphatic hydroxyl groups excluding tert-OH is 1. The Balaban J connectivity index is 0.000000673. The molecule has 90 valence electrons. The highest BCUT2D eigenvalue weighted by Gasteiger charge is 1.95. The van der Waals surface area contributed by atoms with Crippen LogP contribution in [0.15, 0.2) is 24.3 Å². The number of nitrogens with two attached hydrogens (primary N) is 1. The molecule has 1 aromatic rings. The molecule has 6 heteroatoms. The minimum atomic E-state index is 0.250. The molecular weight excluding hydrogens is 226 g/mol. The molecule has 1 aromatic carbocycles. The number of hydrogen-bond acceptors (Lipinski definition) is 4. The summed E-state index contributed by atoms with van der Waals surface area (Å²) in [4.78, 5) is 0. The number of nitrogens with one attached hydrogen (secondary N) is 2. The number of hydrazine groups is 1. The fraction of sp³-hybridized carbons (Fsp3) is 0.300. The highest BCUT2D eigenvalue weighted by atomic mass is 32.1. The summed E-state index contributed by atoms with van der Waals surface area (Å²) in [5.74, 6) is 5.90. The molecule has 0 bridgehead atoms. The molecule has 0 amide bonds. The summed E-state index contributed by atoms with van der Waals surface area (Å²) in [6, 6.07) is 7.37. The van der Waals surface area contributed by atoms with Crippen LogP contribution in [-0.2, 0) is 0 Å². The van der Waals surface area contributed by atoms with E-state index in [4.69, 9.17) is 27.9 Å². The zero-order chi connectivity index (χ0) is 12.4. The van der Waals surface area contributed by atoms with Gasteiger partial charge in [-0.15, -0.1) is 0 Å².